The summed E-state index contributed by atoms with van der Waals surface area (Å²) >= 11 is 5.91. The summed E-state index contributed by atoms with van der Waals surface area (Å²) in [6.45, 7) is 7.17. The monoisotopic (exact) mass is 295 g/mol. The highest BCUT2D eigenvalue weighted by molar-refractivity contribution is 6.30. The Morgan fingerprint density at radius 3 is 2.30 bits per heavy atom. The molecule has 0 N–H and O–H groups in total. The number of carbonyl (C=O) groups excluding carboxylic acids is 1. The number of ketones is 1. The first kappa shape index (κ1) is 17.0. The van der Waals surface area contributed by atoms with Gasteiger partial charge in [-0.3, -0.25) is 0 Å². The number of hydrogen-bond donors (Lipinski definition) is 0. The first-order chi connectivity index (χ1) is 9.40. The van der Waals surface area contributed by atoms with Gasteiger partial charge < -0.3 is 9.69 Å². The quantitative estimate of drug-likeness (QED) is 0.686. The van der Waals surface area contributed by atoms with Crippen molar-refractivity contribution in [1.29, 1.82) is 0 Å². The maximum absolute atomic E-state index is 11.1. The molecule has 0 saturated heterocycles. The second-order valence-corrected chi connectivity index (χ2v) is 6.37. The van der Waals surface area contributed by atoms with Gasteiger partial charge in [0.15, 0.2) is 0 Å². The summed E-state index contributed by atoms with van der Waals surface area (Å²) in [6.07, 6.45) is 2.82. The van der Waals surface area contributed by atoms with Crippen LogP contribution < -0.4 is 4.90 Å². The van der Waals surface area contributed by atoms with Crippen molar-refractivity contribution < 1.29 is 4.79 Å². The van der Waals surface area contributed by atoms with Crippen LogP contribution in [0.5, 0.6) is 0 Å². The molecule has 1 unspecified atom stereocenters. The van der Waals surface area contributed by atoms with Gasteiger partial charge in [0.05, 0.1) is 0 Å². The van der Waals surface area contributed by atoms with Crippen molar-refractivity contribution in [3.8, 4) is 0 Å². The smallest absolute Gasteiger partial charge is 0.129 e. The van der Waals surface area contributed by atoms with E-state index in [0.717, 1.165) is 24.4 Å². The second kappa shape index (κ2) is 8.31. The molecule has 0 aliphatic heterocycles. The lowest BCUT2D eigenvalue weighted by Gasteiger charge is -2.25. The van der Waals surface area contributed by atoms with Gasteiger partial charge in [-0.15, -0.1) is 0 Å². The Kier molecular flexibility index (Phi) is 7.08. The fourth-order valence-corrected chi connectivity index (χ4v) is 2.51. The number of anilines is 1. The van der Waals surface area contributed by atoms with E-state index in [4.69, 9.17) is 11.6 Å². The second-order valence-electron chi connectivity index (χ2n) is 5.93. The number of carbonyl (C=O) groups is 1. The maximum Gasteiger partial charge on any atom is 0.129 e. The van der Waals surface area contributed by atoms with Crippen molar-refractivity contribution in [3.05, 3.63) is 29.3 Å². The van der Waals surface area contributed by atoms with Gasteiger partial charge >= 0.3 is 0 Å². The standard InChI is InChI=1S/C17H26ClNO/c1-13(2)15(6-5-14(3)20)11-12-19(4)17-9-7-16(18)8-10-17/h7-10,13,15H,5-6,11-12H2,1-4H3. The van der Waals surface area contributed by atoms with Crippen LogP contribution in [0, 0.1) is 11.8 Å². The van der Waals surface area contributed by atoms with Crippen molar-refractivity contribution in [3.63, 3.8) is 0 Å². The van der Waals surface area contributed by atoms with Crippen LogP contribution in [-0.4, -0.2) is 19.4 Å². The fourth-order valence-electron chi connectivity index (χ4n) is 2.38. The highest BCUT2D eigenvalue weighted by atomic mass is 35.5. The molecule has 1 atom stereocenters. The summed E-state index contributed by atoms with van der Waals surface area (Å²) in [6, 6.07) is 7.93. The van der Waals surface area contributed by atoms with Crippen LogP contribution in [0.3, 0.4) is 0 Å². The van der Waals surface area contributed by atoms with E-state index in [2.05, 4.69) is 25.8 Å². The molecule has 0 fully saturated rings. The zero-order valence-corrected chi connectivity index (χ0v) is 13.8. The molecule has 0 saturated carbocycles. The molecular formula is C17H26ClNO. The molecule has 2 nitrogen and oxygen atoms in total. The van der Waals surface area contributed by atoms with E-state index in [9.17, 15) is 4.79 Å². The van der Waals surface area contributed by atoms with Gasteiger partial charge in [0.2, 0.25) is 0 Å². The molecule has 0 amide bonds. The third-order valence-electron chi connectivity index (χ3n) is 3.91. The van der Waals surface area contributed by atoms with Crippen LogP contribution in [-0.2, 0) is 4.79 Å². The molecule has 0 aliphatic carbocycles. The molecule has 3 heteroatoms. The number of nitrogens with zero attached hydrogens (tertiary/aromatic N) is 1. The van der Waals surface area contributed by atoms with Gasteiger partial charge in [0.25, 0.3) is 0 Å². The average molecular weight is 296 g/mol. The van der Waals surface area contributed by atoms with E-state index in [1.54, 1.807) is 6.92 Å². The van der Waals surface area contributed by atoms with Crippen molar-refractivity contribution in [1.82, 2.24) is 0 Å². The molecule has 1 rings (SSSR count). The molecule has 0 radical (unpaired) electrons. The van der Waals surface area contributed by atoms with Crippen LogP contribution >= 0.6 is 11.6 Å². The largest absolute Gasteiger partial charge is 0.375 e. The Morgan fingerprint density at radius 1 is 1.20 bits per heavy atom. The molecule has 0 aromatic heterocycles. The molecule has 0 aliphatic rings. The SMILES string of the molecule is CC(=O)CCC(CCN(C)c1ccc(Cl)cc1)C(C)C. The molecule has 20 heavy (non-hydrogen) atoms. The van der Waals surface area contributed by atoms with Crippen LogP contribution in [0.15, 0.2) is 24.3 Å². The molecule has 0 spiro atoms. The van der Waals surface area contributed by atoms with E-state index in [1.807, 2.05) is 24.3 Å². The number of halogens is 1. The molecule has 1 aromatic carbocycles. The van der Waals surface area contributed by atoms with Gasteiger partial charge in [0.1, 0.15) is 5.78 Å². The lowest BCUT2D eigenvalue weighted by Crippen LogP contribution is -2.23. The van der Waals surface area contributed by atoms with Gasteiger partial charge in [0, 0.05) is 30.7 Å². The Labute approximate surface area is 128 Å². The van der Waals surface area contributed by atoms with Gasteiger partial charge in [-0.1, -0.05) is 25.4 Å². The third kappa shape index (κ3) is 5.96. The molecule has 112 valence electrons. The highest BCUT2D eigenvalue weighted by Gasteiger charge is 2.15. The van der Waals surface area contributed by atoms with Crippen molar-refractivity contribution in [2.45, 2.75) is 40.0 Å². The number of Topliss-reactive ketones (excluding diaryl/α,β-unsaturated/α-hetero) is 1. The number of benzene rings is 1. The van der Waals surface area contributed by atoms with E-state index >= 15 is 0 Å². The van der Waals surface area contributed by atoms with Gasteiger partial charge in [-0.25, -0.2) is 0 Å². The Morgan fingerprint density at radius 2 is 1.80 bits per heavy atom. The maximum atomic E-state index is 11.1. The summed E-state index contributed by atoms with van der Waals surface area (Å²) in [5, 5.41) is 0.767. The van der Waals surface area contributed by atoms with Crippen LogP contribution in [0.4, 0.5) is 5.69 Å². The van der Waals surface area contributed by atoms with Gasteiger partial charge in [-0.2, -0.15) is 0 Å². The van der Waals surface area contributed by atoms with E-state index in [1.165, 1.54) is 5.69 Å². The number of hydrogen-bond acceptors (Lipinski definition) is 2. The van der Waals surface area contributed by atoms with E-state index < -0.39 is 0 Å². The first-order valence-corrected chi connectivity index (χ1v) is 7.74. The summed E-state index contributed by atoms with van der Waals surface area (Å²) in [7, 11) is 2.10. The lowest BCUT2D eigenvalue weighted by atomic mass is 9.87. The van der Waals surface area contributed by atoms with Crippen molar-refractivity contribution in [2.75, 3.05) is 18.5 Å². The van der Waals surface area contributed by atoms with Crippen LogP contribution in [0.25, 0.3) is 0 Å². The Hall–Kier alpha value is -1.02. The third-order valence-corrected chi connectivity index (χ3v) is 4.16. The van der Waals surface area contributed by atoms with Gasteiger partial charge in [-0.05, 0) is 55.9 Å². The molecular weight excluding hydrogens is 270 g/mol. The normalized spacial score (nSPS) is 12.5. The topological polar surface area (TPSA) is 20.3 Å². The predicted octanol–water partition coefficient (Wildman–Crippen LogP) is 4.81. The van der Waals surface area contributed by atoms with E-state index in [0.29, 0.717) is 24.0 Å². The Bertz CT molecular complexity index is 414. The number of rotatable bonds is 8. The minimum absolute atomic E-state index is 0.293. The van der Waals surface area contributed by atoms with Crippen LogP contribution in [0.1, 0.15) is 40.0 Å². The van der Waals surface area contributed by atoms with Crippen LogP contribution in [0.2, 0.25) is 5.02 Å². The van der Waals surface area contributed by atoms with Crippen molar-refractivity contribution >= 4 is 23.1 Å². The molecule has 1 aromatic rings. The highest BCUT2D eigenvalue weighted by Crippen LogP contribution is 2.23. The Balaban J connectivity index is 2.49. The summed E-state index contributed by atoms with van der Waals surface area (Å²) in [5.74, 6) is 1.52. The summed E-state index contributed by atoms with van der Waals surface area (Å²) < 4.78 is 0. The average Bonchev–Trinajstić information content (AvgIpc) is 2.38. The molecule has 0 heterocycles. The zero-order valence-electron chi connectivity index (χ0n) is 13.0. The lowest BCUT2D eigenvalue weighted by molar-refractivity contribution is -0.117. The summed E-state index contributed by atoms with van der Waals surface area (Å²) in [4.78, 5) is 13.4. The van der Waals surface area contributed by atoms with E-state index in [-0.39, 0.29) is 0 Å². The minimum Gasteiger partial charge on any atom is -0.375 e. The van der Waals surface area contributed by atoms with Crippen molar-refractivity contribution in [2.24, 2.45) is 11.8 Å². The first-order valence-electron chi connectivity index (χ1n) is 7.36. The predicted molar refractivity (Wildman–Crippen MR) is 87.6 cm³/mol. The molecule has 0 bridgehead atoms. The zero-order chi connectivity index (χ0) is 15.1. The fraction of sp³-hybridized carbons (Fsp3) is 0.588. The minimum atomic E-state index is 0.293. The summed E-state index contributed by atoms with van der Waals surface area (Å²) in [5.41, 5.74) is 1.18.